The van der Waals surface area contributed by atoms with Crippen LogP contribution in [-0.4, -0.2) is 15.3 Å². The predicted octanol–water partition coefficient (Wildman–Crippen LogP) is 3.74. The number of ether oxygens (including phenoxy) is 1. The van der Waals surface area contributed by atoms with Gasteiger partial charge in [0.15, 0.2) is 0 Å². The Labute approximate surface area is 156 Å². The molecule has 27 heavy (non-hydrogen) atoms. The molecular weight excluding hydrogens is 342 g/mol. The molecule has 1 aromatic carbocycles. The number of carbonyl (C=O) groups excluding carboxylic acids is 1. The van der Waals surface area contributed by atoms with Gasteiger partial charge in [-0.2, -0.15) is 0 Å². The molecule has 6 heteroatoms. The molecule has 0 saturated carbocycles. The van der Waals surface area contributed by atoms with Crippen molar-refractivity contribution in [3.05, 3.63) is 89.8 Å². The van der Waals surface area contributed by atoms with Gasteiger partial charge >= 0.3 is 0 Å². The van der Waals surface area contributed by atoms with Gasteiger partial charge in [0.1, 0.15) is 23.8 Å². The molecule has 0 spiro atoms. The third kappa shape index (κ3) is 3.69. The first-order chi connectivity index (χ1) is 13.2. The smallest absolute Gasteiger partial charge is 0.255 e. The van der Waals surface area contributed by atoms with E-state index in [1.54, 1.807) is 24.5 Å². The Bertz CT molecular complexity index is 1070. The minimum Gasteiger partial charge on any atom is -0.486 e. The molecule has 0 atom stereocenters. The minimum atomic E-state index is -0.215. The van der Waals surface area contributed by atoms with Gasteiger partial charge in [-0.1, -0.05) is 18.2 Å². The molecule has 3 aromatic heterocycles. The highest BCUT2D eigenvalue weighted by Crippen LogP contribution is 2.20. The number of furan rings is 1. The minimum absolute atomic E-state index is 0.215. The fraction of sp³-hybridized carbons (Fsp3) is 0.143. The molecule has 136 valence electrons. The number of rotatable bonds is 6. The van der Waals surface area contributed by atoms with Crippen molar-refractivity contribution in [2.75, 3.05) is 0 Å². The number of hydrogen-bond acceptors (Lipinski definition) is 4. The zero-order valence-electron chi connectivity index (χ0n) is 14.9. The van der Waals surface area contributed by atoms with E-state index in [0.29, 0.717) is 23.6 Å². The molecule has 6 nitrogen and oxygen atoms in total. The highest BCUT2D eigenvalue weighted by molar-refractivity contribution is 5.96. The van der Waals surface area contributed by atoms with Crippen LogP contribution in [0.3, 0.4) is 0 Å². The molecule has 1 amide bonds. The highest BCUT2D eigenvalue weighted by atomic mass is 16.5. The highest BCUT2D eigenvalue weighted by Gasteiger charge is 2.13. The molecule has 4 rings (SSSR count). The quantitative estimate of drug-likeness (QED) is 0.568. The molecule has 0 bridgehead atoms. The van der Waals surface area contributed by atoms with Crippen molar-refractivity contribution in [2.45, 2.75) is 20.1 Å². The van der Waals surface area contributed by atoms with Crippen molar-refractivity contribution in [2.24, 2.45) is 0 Å². The van der Waals surface area contributed by atoms with E-state index in [4.69, 9.17) is 9.15 Å². The summed E-state index contributed by atoms with van der Waals surface area (Å²) in [6.07, 6.45) is 5.46. The van der Waals surface area contributed by atoms with E-state index in [-0.39, 0.29) is 12.5 Å². The molecule has 0 radical (unpaired) electrons. The fourth-order valence-corrected chi connectivity index (χ4v) is 2.88. The van der Waals surface area contributed by atoms with E-state index in [1.807, 2.05) is 54.0 Å². The Morgan fingerprint density at radius 2 is 2.07 bits per heavy atom. The van der Waals surface area contributed by atoms with Gasteiger partial charge < -0.3 is 18.9 Å². The first kappa shape index (κ1) is 16.9. The molecule has 0 fully saturated rings. The van der Waals surface area contributed by atoms with E-state index in [2.05, 4.69) is 10.3 Å². The molecule has 4 aromatic rings. The second-order valence-corrected chi connectivity index (χ2v) is 6.20. The monoisotopic (exact) mass is 361 g/mol. The molecule has 1 N–H and O–H groups in total. The van der Waals surface area contributed by atoms with Crippen LogP contribution in [0.1, 0.15) is 27.4 Å². The Hall–Kier alpha value is -3.54. The zero-order chi connectivity index (χ0) is 18.6. The maximum Gasteiger partial charge on any atom is 0.255 e. The molecule has 3 heterocycles. The maximum atomic E-state index is 12.5. The summed E-state index contributed by atoms with van der Waals surface area (Å²) in [6.45, 7) is 2.63. The van der Waals surface area contributed by atoms with E-state index in [0.717, 1.165) is 16.9 Å². The average Bonchev–Trinajstić information content (AvgIpc) is 3.35. The summed E-state index contributed by atoms with van der Waals surface area (Å²) < 4.78 is 13.1. The van der Waals surface area contributed by atoms with Gasteiger partial charge in [-0.3, -0.25) is 4.79 Å². The average molecular weight is 361 g/mol. The summed E-state index contributed by atoms with van der Waals surface area (Å²) in [5, 5.41) is 2.84. The molecule has 0 aliphatic heterocycles. The number of benzene rings is 1. The first-order valence-corrected chi connectivity index (χ1v) is 8.66. The van der Waals surface area contributed by atoms with Crippen molar-refractivity contribution in [3.63, 3.8) is 0 Å². The lowest BCUT2D eigenvalue weighted by Gasteiger charge is -2.10. The lowest BCUT2D eigenvalue weighted by atomic mass is 10.2. The Morgan fingerprint density at radius 1 is 1.19 bits per heavy atom. The number of carbonyl (C=O) groups is 1. The SMILES string of the molecule is Cc1cccn2cc(COc3ccccc3C(=O)NCc3ccco3)nc12. The molecule has 0 aliphatic rings. The lowest BCUT2D eigenvalue weighted by Crippen LogP contribution is -2.23. The second kappa shape index (κ2) is 7.37. The van der Waals surface area contributed by atoms with E-state index >= 15 is 0 Å². The first-order valence-electron chi connectivity index (χ1n) is 8.66. The van der Waals surface area contributed by atoms with Crippen molar-refractivity contribution >= 4 is 11.6 Å². The summed E-state index contributed by atoms with van der Waals surface area (Å²) in [4.78, 5) is 17.1. The number of nitrogens with one attached hydrogen (secondary N) is 1. The van der Waals surface area contributed by atoms with Crippen LogP contribution in [0.25, 0.3) is 5.65 Å². The number of aromatic nitrogens is 2. The number of amides is 1. The van der Waals surface area contributed by atoms with Crippen LogP contribution in [-0.2, 0) is 13.2 Å². The van der Waals surface area contributed by atoms with Crippen LogP contribution in [0.15, 0.2) is 71.6 Å². The summed E-state index contributed by atoms with van der Waals surface area (Å²) in [5.41, 5.74) is 3.28. The Morgan fingerprint density at radius 3 is 2.89 bits per heavy atom. The standard InChI is InChI=1S/C21H19N3O3/c1-15-6-4-10-24-13-16(23-20(15)24)14-27-19-9-3-2-8-18(19)21(25)22-12-17-7-5-11-26-17/h2-11,13H,12,14H2,1H3,(H,22,25). The number of nitrogens with zero attached hydrogens (tertiary/aromatic N) is 2. The van der Waals surface area contributed by atoms with Crippen molar-refractivity contribution in [3.8, 4) is 5.75 Å². The van der Waals surface area contributed by atoms with Gasteiger partial charge in [-0.05, 0) is 42.8 Å². The number of pyridine rings is 1. The molecule has 0 aliphatic carbocycles. The lowest BCUT2D eigenvalue weighted by molar-refractivity contribution is 0.0943. The summed E-state index contributed by atoms with van der Waals surface area (Å²) in [6, 6.07) is 14.8. The van der Waals surface area contributed by atoms with Gasteiger partial charge in [0.05, 0.1) is 24.1 Å². The Balaban J connectivity index is 1.47. The predicted molar refractivity (Wildman–Crippen MR) is 101 cm³/mol. The third-order valence-corrected chi connectivity index (χ3v) is 4.24. The Kier molecular flexibility index (Phi) is 4.61. The number of imidazole rings is 1. The maximum absolute atomic E-state index is 12.5. The summed E-state index contributed by atoms with van der Waals surface area (Å²) in [7, 11) is 0. The van der Waals surface area contributed by atoms with Gasteiger partial charge in [0.25, 0.3) is 5.91 Å². The summed E-state index contributed by atoms with van der Waals surface area (Å²) in [5.74, 6) is 0.998. The largest absolute Gasteiger partial charge is 0.486 e. The number of aryl methyl sites for hydroxylation is 1. The normalized spacial score (nSPS) is 10.9. The van der Waals surface area contributed by atoms with Crippen LogP contribution in [0, 0.1) is 6.92 Å². The second-order valence-electron chi connectivity index (χ2n) is 6.20. The van der Waals surface area contributed by atoms with Crippen LogP contribution in [0.5, 0.6) is 5.75 Å². The number of hydrogen-bond donors (Lipinski definition) is 1. The van der Waals surface area contributed by atoms with Gasteiger partial charge in [-0.25, -0.2) is 4.98 Å². The molecular formula is C21H19N3O3. The van der Waals surface area contributed by atoms with Crippen LogP contribution >= 0.6 is 0 Å². The van der Waals surface area contributed by atoms with Crippen LogP contribution in [0.4, 0.5) is 0 Å². The van der Waals surface area contributed by atoms with Gasteiger partial charge in [-0.15, -0.1) is 0 Å². The molecule has 0 saturated heterocycles. The van der Waals surface area contributed by atoms with Crippen molar-refractivity contribution in [1.82, 2.24) is 14.7 Å². The third-order valence-electron chi connectivity index (χ3n) is 4.24. The van der Waals surface area contributed by atoms with Crippen molar-refractivity contribution in [1.29, 1.82) is 0 Å². The fourth-order valence-electron chi connectivity index (χ4n) is 2.88. The number of para-hydroxylation sites is 1. The van der Waals surface area contributed by atoms with E-state index in [9.17, 15) is 4.79 Å². The van der Waals surface area contributed by atoms with Crippen LogP contribution < -0.4 is 10.1 Å². The number of fused-ring (bicyclic) bond motifs is 1. The van der Waals surface area contributed by atoms with E-state index in [1.165, 1.54) is 0 Å². The van der Waals surface area contributed by atoms with Crippen molar-refractivity contribution < 1.29 is 13.9 Å². The van der Waals surface area contributed by atoms with Gasteiger partial charge in [0, 0.05) is 12.4 Å². The van der Waals surface area contributed by atoms with Crippen LogP contribution in [0.2, 0.25) is 0 Å². The summed E-state index contributed by atoms with van der Waals surface area (Å²) >= 11 is 0. The van der Waals surface area contributed by atoms with Gasteiger partial charge in [0.2, 0.25) is 0 Å². The molecule has 0 unspecified atom stereocenters. The van der Waals surface area contributed by atoms with E-state index < -0.39 is 0 Å². The zero-order valence-corrected chi connectivity index (χ0v) is 14.9. The topological polar surface area (TPSA) is 68.8 Å².